The minimum absolute atomic E-state index is 0.0534. The molecule has 0 spiro atoms. The first-order valence-corrected chi connectivity index (χ1v) is 6.89. The average molecular weight is 299 g/mol. The normalized spacial score (nSPS) is 23.7. The predicted molar refractivity (Wildman–Crippen MR) is 71.8 cm³/mol. The maximum absolute atomic E-state index is 14.3. The molecule has 0 saturated carbocycles. The molecule has 7 heteroatoms. The molecule has 3 rings (SSSR count). The van der Waals surface area contributed by atoms with Crippen molar-refractivity contribution in [2.45, 2.75) is 31.4 Å². The molecule has 1 saturated heterocycles. The van der Waals surface area contributed by atoms with E-state index in [0.717, 1.165) is 5.56 Å². The van der Waals surface area contributed by atoms with E-state index in [9.17, 15) is 18.0 Å². The van der Waals surface area contributed by atoms with Crippen LogP contribution in [0.3, 0.4) is 0 Å². The molecule has 1 atom stereocenters. The highest BCUT2D eigenvalue weighted by atomic mass is 19.3. The van der Waals surface area contributed by atoms with Crippen molar-refractivity contribution in [1.29, 1.82) is 0 Å². The molecular formula is C14H16F3N3O. The number of rotatable bonds is 2. The molecule has 21 heavy (non-hydrogen) atoms. The summed E-state index contributed by atoms with van der Waals surface area (Å²) in [5.41, 5.74) is 1.50. The van der Waals surface area contributed by atoms with Crippen LogP contribution in [0.2, 0.25) is 0 Å². The monoisotopic (exact) mass is 299 g/mol. The van der Waals surface area contributed by atoms with Crippen molar-refractivity contribution in [3.05, 3.63) is 29.1 Å². The smallest absolute Gasteiger partial charge is 0.262 e. The quantitative estimate of drug-likeness (QED) is 0.774. The summed E-state index contributed by atoms with van der Waals surface area (Å²) in [6.07, 6.45) is -0.0139. The van der Waals surface area contributed by atoms with Gasteiger partial charge in [-0.2, -0.15) is 0 Å². The maximum Gasteiger partial charge on any atom is 0.262 e. The van der Waals surface area contributed by atoms with Crippen LogP contribution in [-0.4, -0.2) is 31.0 Å². The Kier molecular flexibility index (Phi) is 3.62. The Labute approximate surface area is 120 Å². The molecule has 1 unspecified atom stereocenters. The van der Waals surface area contributed by atoms with Crippen LogP contribution >= 0.6 is 0 Å². The predicted octanol–water partition coefficient (Wildman–Crippen LogP) is 1.41. The summed E-state index contributed by atoms with van der Waals surface area (Å²) in [5.74, 6) is -3.98. The molecular weight excluding hydrogens is 283 g/mol. The number of alkyl halides is 2. The van der Waals surface area contributed by atoms with Gasteiger partial charge < -0.3 is 10.6 Å². The highest BCUT2D eigenvalue weighted by Gasteiger charge is 2.42. The average Bonchev–Trinajstić information content (AvgIpc) is 2.82. The first-order valence-electron chi connectivity index (χ1n) is 6.89. The van der Waals surface area contributed by atoms with Crippen molar-refractivity contribution in [2.75, 3.05) is 18.4 Å². The molecule has 0 aliphatic carbocycles. The van der Waals surface area contributed by atoms with Gasteiger partial charge >= 0.3 is 0 Å². The Morgan fingerprint density at radius 3 is 2.90 bits per heavy atom. The van der Waals surface area contributed by atoms with Gasteiger partial charge in [0.15, 0.2) is 0 Å². The van der Waals surface area contributed by atoms with Gasteiger partial charge in [-0.25, -0.2) is 13.2 Å². The van der Waals surface area contributed by atoms with E-state index in [4.69, 9.17) is 0 Å². The van der Waals surface area contributed by atoms with Crippen LogP contribution in [-0.2, 0) is 17.8 Å². The number of halogens is 3. The van der Waals surface area contributed by atoms with Crippen molar-refractivity contribution < 1.29 is 18.0 Å². The van der Waals surface area contributed by atoms with Crippen LogP contribution in [0, 0.1) is 5.82 Å². The summed E-state index contributed by atoms with van der Waals surface area (Å²) in [7, 11) is 0. The molecule has 0 radical (unpaired) electrons. The molecule has 1 fully saturated rings. The highest BCUT2D eigenvalue weighted by Crippen LogP contribution is 2.27. The Morgan fingerprint density at radius 2 is 2.19 bits per heavy atom. The zero-order valence-electron chi connectivity index (χ0n) is 11.3. The molecule has 1 aromatic carbocycles. The number of nitrogens with one attached hydrogen (secondary N) is 3. The molecule has 0 aromatic heterocycles. The Bertz CT molecular complexity index is 577. The summed E-state index contributed by atoms with van der Waals surface area (Å²) >= 11 is 0. The first kappa shape index (κ1) is 14.3. The summed E-state index contributed by atoms with van der Waals surface area (Å²) in [4.78, 5) is 11.9. The van der Waals surface area contributed by atoms with Crippen molar-refractivity contribution in [1.82, 2.24) is 10.6 Å². The van der Waals surface area contributed by atoms with Crippen molar-refractivity contribution in [2.24, 2.45) is 0 Å². The van der Waals surface area contributed by atoms with E-state index in [1.807, 2.05) is 0 Å². The second-order valence-corrected chi connectivity index (χ2v) is 5.47. The van der Waals surface area contributed by atoms with Gasteiger partial charge in [0.25, 0.3) is 5.92 Å². The van der Waals surface area contributed by atoms with Crippen molar-refractivity contribution >= 4 is 11.6 Å². The van der Waals surface area contributed by atoms with Crippen molar-refractivity contribution in [3.8, 4) is 0 Å². The minimum atomic E-state index is -2.89. The van der Waals surface area contributed by atoms with Crippen LogP contribution < -0.4 is 16.0 Å². The van der Waals surface area contributed by atoms with Gasteiger partial charge in [-0.15, -0.1) is 0 Å². The molecule has 2 heterocycles. The number of amides is 1. The third kappa shape index (κ3) is 2.89. The Balaban J connectivity index is 1.75. The van der Waals surface area contributed by atoms with E-state index in [0.29, 0.717) is 25.1 Å². The fourth-order valence-electron chi connectivity index (χ4n) is 2.75. The third-order valence-corrected chi connectivity index (χ3v) is 3.89. The van der Waals surface area contributed by atoms with Crippen LogP contribution in [0.1, 0.15) is 17.5 Å². The standard InChI is InChI=1S/C14H16F3N3O/c15-12-9-3-4-18-6-8(9)1-2-10(12)20-13(21)11-5-14(16,17)7-19-11/h1-2,11,18-19H,3-7H2,(H,20,21). The zero-order chi connectivity index (χ0) is 15.0. The molecule has 2 aliphatic heterocycles. The van der Waals surface area contributed by atoms with Gasteiger partial charge in [-0.05, 0) is 30.2 Å². The van der Waals surface area contributed by atoms with E-state index >= 15 is 0 Å². The number of fused-ring (bicyclic) bond motifs is 1. The van der Waals surface area contributed by atoms with E-state index in [-0.39, 0.29) is 5.69 Å². The third-order valence-electron chi connectivity index (χ3n) is 3.89. The van der Waals surface area contributed by atoms with Crippen LogP contribution in [0.5, 0.6) is 0 Å². The zero-order valence-corrected chi connectivity index (χ0v) is 11.3. The van der Waals surface area contributed by atoms with Crippen LogP contribution in [0.15, 0.2) is 12.1 Å². The van der Waals surface area contributed by atoms with Crippen LogP contribution in [0.25, 0.3) is 0 Å². The number of benzene rings is 1. The summed E-state index contributed by atoms with van der Waals surface area (Å²) in [5, 5.41) is 8.00. The van der Waals surface area contributed by atoms with E-state index in [1.54, 1.807) is 6.07 Å². The summed E-state index contributed by atoms with van der Waals surface area (Å²) in [6.45, 7) is 0.748. The second kappa shape index (κ2) is 5.31. The fraction of sp³-hybridized carbons (Fsp3) is 0.500. The molecule has 3 N–H and O–H groups in total. The lowest BCUT2D eigenvalue weighted by atomic mass is 9.99. The van der Waals surface area contributed by atoms with Crippen molar-refractivity contribution in [3.63, 3.8) is 0 Å². The SMILES string of the molecule is O=C(Nc1ccc2c(c1F)CCNC2)C1CC(F)(F)CN1. The fourth-order valence-corrected chi connectivity index (χ4v) is 2.75. The number of carbonyl (C=O) groups is 1. The number of anilines is 1. The van der Waals surface area contributed by atoms with E-state index in [2.05, 4.69) is 16.0 Å². The lowest BCUT2D eigenvalue weighted by Gasteiger charge is -2.20. The first-order chi connectivity index (χ1) is 9.96. The van der Waals surface area contributed by atoms with E-state index in [1.165, 1.54) is 6.07 Å². The molecule has 1 amide bonds. The maximum atomic E-state index is 14.3. The van der Waals surface area contributed by atoms with Crippen LogP contribution in [0.4, 0.5) is 18.9 Å². The summed E-state index contributed by atoms with van der Waals surface area (Å²) in [6, 6.07) is 2.24. The molecule has 4 nitrogen and oxygen atoms in total. The molecule has 114 valence electrons. The van der Waals surface area contributed by atoms with Gasteiger partial charge in [0.2, 0.25) is 5.91 Å². The lowest BCUT2D eigenvalue weighted by molar-refractivity contribution is -0.118. The molecule has 0 bridgehead atoms. The lowest BCUT2D eigenvalue weighted by Crippen LogP contribution is -2.36. The number of hydrogen-bond acceptors (Lipinski definition) is 3. The minimum Gasteiger partial charge on any atom is -0.322 e. The second-order valence-electron chi connectivity index (χ2n) is 5.47. The number of carbonyl (C=O) groups excluding carboxylic acids is 1. The molecule has 1 aromatic rings. The van der Waals surface area contributed by atoms with Gasteiger partial charge in [0.05, 0.1) is 18.3 Å². The highest BCUT2D eigenvalue weighted by molar-refractivity contribution is 5.95. The number of hydrogen-bond donors (Lipinski definition) is 3. The van der Waals surface area contributed by atoms with Gasteiger partial charge in [0, 0.05) is 13.0 Å². The summed E-state index contributed by atoms with van der Waals surface area (Å²) < 4.78 is 40.5. The Hall–Kier alpha value is -1.60. The van der Waals surface area contributed by atoms with E-state index < -0.39 is 36.7 Å². The largest absolute Gasteiger partial charge is 0.322 e. The Morgan fingerprint density at radius 1 is 1.38 bits per heavy atom. The van der Waals surface area contributed by atoms with Gasteiger partial charge in [0.1, 0.15) is 5.82 Å². The molecule has 2 aliphatic rings. The van der Waals surface area contributed by atoms with Gasteiger partial charge in [-0.3, -0.25) is 10.1 Å². The van der Waals surface area contributed by atoms with Gasteiger partial charge in [-0.1, -0.05) is 6.07 Å². The topological polar surface area (TPSA) is 53.2 Å².